The molecule has 1 unspecified atom stereocenters. The molecule has 0 bridgehead atoms. The number of rotatable bonds is 2. The fourth-order valence-electron chi connectivity index (χ4n) is 2.97. The number of hydrogen-bond acceptors (Lipinski definition) is 2. The molecule has 1 amide bonds. The van der Waals surface area contributed by atoms with E-state index in [1.165, 1.54) is 17.0 Å². The zero-order valence-electron chi connectivity index (χ0n) is 12.5. The van der Waals surface area contributed by atoms with E-state index in [4.69, 9.17) is 0 Å². The van der Waals surface area contributed by atoms with Gasteiger partial charge in [0.15, 0.2) is 0 Å². The van der Waals surface area contributed by atoms with Gasteiger partial charge in [-0.15, -0.1) is 0 Å². The number of nitrogens with zero attached hydrogens (tertiary/aromatic N) is 1. The van der Waals surface area contributed by atoms with E-state index in [0.29, 0.717) is 12.1 Å². The van der Waals surface area contributed by atoms with Gasteiger partial charge in [-0.25, -0.2) is 9.18 Å². The Hall–Kier alpha value is -1.91. The van der Waals surface area contributed by atoms with E-state index in [-0.39, 0.29) is 5.56 Å². The summed E-state index contributed by atoms with van der Waals surface area (Å²) in [6.45, 7) is 5.70. The first-order valence-corrected chi connectivity index (χ1v) is 7.04. The number of carbonyl (C=O) groups excluding carboxylic acids is 1. The number of piperidine rings is 1. The van der Waals surface area contributed by atoms with Crippen molar-refractivity contribution in [2.75, 3.05) is 6.54 Å². The van der Waals surface area contributed by atoms with E-state index in [2.05, 4.69) is 0 Å². The van der Waals surface area contributed by atoms with E-state index < -0.39 is 29.2 Å². The lowest BCUT2D eigenvalue weighted by molar-refractivity contribution is -0.148. The molecule has 1 aromatic rings. The van der Waals surface area contributed by atoms with Crippen molar-refractivity contribution in [1.29, 1.82) is 0 Å². The topological polar surface area (TPSA) is 57.6 Å². The number of hydrogen-bond donors (Lipinski definition) is 1. The van der Waals surface area contributed by atoms with Crippen LogP contribution in [0.4, 0.5) is 4.39 Å². The highest BCUT2D eigenvalue weighted by atomic mass is 19.1. The summed E-state index contributed by atoms with van der Waals surface area (Å²) in [5, 5.41) is 9.47. The zero-order chi connectivity index (χ0) is 15.8. The predicted molar refractivity (Wildman–Crippen MR) is 76.6 cm³/mol. The first-order valence-electron chi connectivity index (χ1n) is 7.04. The maximum atomic E-state index is 13.6. The van der Waals surface area contributed by atoms with E-state index in [1.54, 1.807) is 13.0 Å². The van der Waals surface area contributed by atoms with Crippen LogP contribution in [0.25, 0.3) is 0 Å². The molecular formula is C16H20FNO3. The number of carboxylic acid groups (broad SMARTS) is 1. The molecule has 4 nitrogen and oxygen atoms in total. The Kier molecular flexibility index (Phi) is 4.03. The van der Waals surface area contributed by atoms with Crippen molar-refractivity contribution in [3.8, 4) is 0 Å². The molecule has 0 spiro atoms. The number of carboxylic acids is 1. The first kappa shape index (κ1) is 15.5. The summed E-state index contributed by atoms with van der Waals surface area (Å²) in [5.41, 5.74) is 0.158. The molecule has 0 saturated carbocycles. The second-order valence-electron chi connectivity index (χ2n) is 6.30. The Morgan fingerprint density at radius 2 is 2.05 bits per heavy atom. The van der Waals surface area contributed by atoms with Gasteiger partial charge in [-0.2, -0.15) is 0 Å². The van der Waals surface area contributed by atoms with Crippen molar-refractivity contribution in [1.82, 2.24) is 4.90 Å². The van der Waals surface area contributed by atoms with Crippen LogP contribution in [0.5, 0.6) is 0 Å². The summed E-state index contributed by atoms with van der Waals surface area (Å²) in [5.74, 6) is -1.89. The Morgan fingerprint density at radius 1 is 1.38 bits per heavy atom. The fourth-order valence-corrected chi connectivity index (χ4v) is 2.97. The maximum absolute atomic E-state index is 13.6. The van der Waals surface area contributed by atoms with Crippen molar-refractivity contribution in [3.63, 3.8) is 0 Å². The lowest BCUT2D eigenvalue weighted by Gasteiger charge is -2.44. The van der Waals surface area contributed by atoms with Gasteiger partial charge in [-0.05, 0) is 42.9 Å². The number of likely N-dealkylation sites (tertiary alicyclic amines) is 1. The minimum Gasteiger partial charge on any atom is -0.480 e. The summed E-state index contributed by atoms with van der Waals surface area (Å²) in [6, 6.07) is 3.37. The molecule has 114 valence electrons. The van der Waals surface area contributed by atoms with Crippen LogP contribution in [-0.2, 0) is 4.79 Å². The van der Waals surface area contributed by atoms with Gasteiger partial charge >= 0.3 is 5.97 Å². The molecule has 0 radical (unpaired) electrons. The Bertz CT molecular complexity index is 583. The van der Waals surface area contributed by atoms with Gasteiger partial charge in [-0.3, -0.25) is 4.79 Å². The monoisotopic (exact) mass is 293 g/mol. The van der Waals surface area contributed by atoms with Crippen LogP contribution in [0, 0.1) is 18.2 Å². The van der Waals surface area contributed by atoms with E-state index >= 15 is 0 Å². The Morgan fingerprint density at radius 3 is 2.62 bits per heavy atom. The largest absolute Gasteiger partial charge is 0.480 e. The van der Waals surface area contributed by atoms with E-state index in [1.807, 2.05) is 13.8 Å². The summed E-state index contributed by atoms with van der Waals surface area (Å²) >= 11 is 0. The lowest BCUT2D eigenvalue weighted by atomic mass is 9.76. The van der Waals surface area contributed by atoms with Gasteiger partial charge < -0.3 is 10.0 Å². The van der Waals surface area contributed by atoms with Gasteiger partial charge in [0.1, 0.15) is 11.9 Å². The van der Waals surface area contributed by atoms with Crippen LogP contribution in [0.1, 0.15) is 42.6 Å². The van der Waals surface area contributed by atoms with Crippen molar-refractivity contribution in [2.45, 2.75) is 39.7 Å². The van der Waals surface area contributed by atoms with Crippen LogP contribution in [0.2, 0.25) is 0 Å². The molecule has 1 aliphatic heterocycles. The molecule has 21 heavy (non-hydrogen) atoms. The Balaban J connectivity index is 2.35. The van der Waals surface area contributed by atoms with Gasteiger partial charge in [0.25, 0.3) is 5.91 Å². The van der Waals surface area contributed by atoms with Crippen LogP contribution >= 0.6 is 0 Å². The fraction of sp³-hybridized carbons (Fsp3) is 0.500. The van der Waals surface area contributed by atoms with Gasteiger partial charge in [0.2, 0.25) is 0 Å². The smallest absolute Gasteiger partial charge is 0.326 e. The molecule has 1 aromatic carbocycles. The zero-order valence-corrected chi connectivity index (χ0v) is 12.5. The van der Waals surface area contributed by atoms with E-state index in [9.17, 15) is 19.1 Å². The van der Waals surface area contributed by atoms with Gasteiger partial charge in [0.05, 0.1) is 0 Å². The van der Waals surface area contributed by atoms with Crippen LogP contribution in [-0.4, -0.2) is 34.5 Å². The first-order chi connectivity index (χ1) is 9.74. The lowest BCUT2D eigenvalue weighted by Crippen LogP contribution is -2.56. The molecule has 1 heterocycles. The molecule has 1 N–H and O–H groups in total. The highest BCUT2D eigenvalue weighted by Crippen LogP contribution is 2.36. The SMILES string of the molecule is Cc1ccc(C(=O)N2CCCC(C)(C)C2C(=O)O)cc1F. The van der Waals surface area contributed by atoms with E-state index in [0.717, 1.165) is 12.8 Å². The molecule has 1 aliphatic rings. The summed E-state index contributed by atoms with van der Waals surface area (Å²) < 4.78 is 13.6. The third kappa shape index (κ3) is 2.91. The van der Waals surface area contributed by atoms with Crippen molar-refractivity contribution >= 4 is 11.9 Å². The third-order valence-electron chi connectivity index (χ3n) is 4.19. The van der Waals surface area contributed by atoms with Gasteiger partial charge in [-0.1, -0.05) is 19.9 Å². The van der Waals surface area contributed by atoms with Crippen LogP contribution < -0.4 is 0 Å². The highest BCUT2D eigenvalue weighted by Gasteiger charge is 2.44. The molecule has 2 rings (SSSR count). The minimum absolute atomic E-state index is 0.196. The normalized spacial score (nSPS) is 21.1. The molecule has 1 fully saturated rings. The average Bonchev–Trinajstić information content (AvgIpc) is 2.39. The van der Waals surface area contributed by atoms with Crippen molar-refractivity contribution in [3.05, 3.63) is 35.1 Å². The number of amides is 1. The molecule has 0 aliphatic carbocycles. The number of benzene rings is 1. The minimum atomic E-state index is -1.01. The van der Waals surface area contributed by atoms with Crippen molar-refractivity contribution < 1.29 is 19.1 Å². The van der Waals surface area contributed by atoms with Crippen LogP contribution in [0.15, 0.2) is 18.2 Å². The van der Waals surface area contributed by atoms with Gasteiger partial charge in [0, 0.05) is 12.1 Å². The van der Waals surface area contributed by atoms with Crippen LogP contribution in [0.3, 0.4) is 0 Å². The summed E-state index contributed by atoms with van der Waals surface area (Å²) in [7, 11) is 0. The third-order valence-corrected chi connectivity index (χ3v) is 4.19. The second-order valence-corrected chi connectivity index (χ2v) is 6.30. The molecular weight excluding hydrogens is 273 g/mol. The number of aryl methyl sites for hydroxylation is 1. The van der Waals surface area contributed by atoms with Crippen molar-refractivity contribution in [2.24, 2.45) is 5.41 Å². The molecule has 0 aromatic heterocycles. The summed E-state index contributed by atoms with van der Waals surface area (Å²) in [4.78, 5) is 25.5. The number of carbonyl (C=O) groups is 2. The molecule has 5 heteroatoms. The molecule has 1 saturated heterocycles. The number of halogens is 1. The predicted octanol–water partition coefficient (Wildman–Crippen LogP) is 2.85. The number of aliphatic carboxylic acids is 1. The Labute approximate surface area is 123 Å². The summed E-state index contributed by atoms with van der Waals surface area (Å²) in [6.07, 6.45) is 1.49. The molecule has 1 atom stereocenters. The highest BCUT2D eigenvalue weighted by molar-refractivity contribution is 5.97. The quantitative estimate of drug-likeness (QED) is 0.912. The average molecular weight is 293 g/mol. The second kappa shape index (κ2) is 5.47. The standard InChI is InChI=1S/C16H20FNO3/c1-10-5-6-11(9-12(10)17)14(19)18-8-4-7-16(2,3)13(18)15(20)21/h5-6,9,13H,4,7-8H2,1-3H3,(H,20,21). The maximum Gasteiger partial charge on any atom is 0.326 e.